The van der Waals surface area contributed by atoms with Crippen molar-refractivity contribution >= 4 is 5.65 Å². The van der Waals surface area contributed by atoms with E-state index in [2.05, 4.69) is 10.2 Å². The number of ether oxygens (including phenoxy) is 1. The molecule has 1 aliphatic carbocycles. The lowest BCUT2D eigenvalue weighted by molar-refractivity contribution is -0.138. The minimum Gasteiger partial charge on any atom is -0.378 e. The van der Waals surface area contributed by atoms with Crippen LogP contribution in [0.3, 0.4) is 0 Å². The fourth-order valence-corrected chi connectivity index (χ4v) is 4.72. The van der Waals surface area contributed by atoms with Crippen molar-refractivity contribution in [2.24, 2.45) is 5.92 Å². The molecule has 0 N–H and O–H groups in total. The van der Waals surface area contributed by atoms with E-state index in [-0.39, 0.29) is 24.4 Å². The van der Waals surface area contributed by atoms with Gasteiger partial charge in [-0.15, -0.1) is 10.2 Å². The normalized spacial score (nSPS) is 22.5. The topological polar surface area (TPSA) is 42.7 Å². The van der Waals surface area contributed by atoms with E-state index in [1.54, 1.807) is 24.4 Å². The number of alkyl halides is 3. The van der Waals surface area contributed by atoms with Gasteiger partial charge in [-0.05, 0) is 49.3 Å². The maximum atomic E-state index is 14.7. The predicted octanol–water partition coefficient (Wildman–Crippen LogP) is 4.59. The fourth-order valence-electron chi connectivity index (χ4n) is 4.72. The smallest absolute Gasteiger partial charge is 0.378 e. The zero-order chi connectivity index (χ0) is 22.5. The lowest BCUT2D eigenvalue weighted by Crippen LogP contribution is -2.52. The molecule has 1 saturated carbocycles. The van der Waals surface area contributed by atoms with Gasteiger partial charge in [-0.25, -0.2) is 4.39 Å². The quantitative estimate of drug-likeness (QED) is 0.536. The van der Waals surface area contributed by atoms with Gasteiger partial charge in [0.05, 0.1) is 18.8 Å². The van der Waals surface area contributed by atoms with E-state index >= 15 is 0 Å². The Labute approximate surface area is 183 Å². The van der Waals surface area contributed by atoms with Crippen LogP contribution in [0.5, 0.6) is 0 Å². The third-order valence-electron chi connectivity index (χ3n) is 6.66. The molecule has 2 aromatic heterocycles. The molecule has 1 aromatic carbocycles. The van der Waals surface area contributed by atoms with Crippen LogP contribution < -0.4 is 0 Å². The molecule has 9 heteroatoms. The van der Waals surface area contributed by atoms with Crippen LogP contribution in [0.25, 0.3) is 5.65 Å². The van der Waals surface area contributed by atoms with Crippen molar-refractivity contribution < 1.29 is 22.3 Å². The Morgan fingerprint density at radius 3 is 2.72 bits per heavy atom. The van der Waals surface area contributed by atoms with Gasteiger partial charge in [-0.1, -0.05) is 18.2 Å². The van der Waals surface area contributed by atoms with Crippen molar-refractivity contribution in [3.63, 3.8) is 0 Å². The Morgan fingerprint density at radius 1 is 1.22 bits per heavy atom. The summed E-state index contributed by atoms with van der Waals surface area (Å²) in [7, 11) is 0. The molecular weight excluding hydrogens is 424 g/mol. The zero-order valence-corrected chi connectivity index (χ0v) is 17.7. The van der Waals surface area contributed by atoms with Gasteiger partial charge in [-0.2, -0.15) is 13.2 Å². The molecule has 5 rings (SSSR count). The molecule has 5 nitrogen and oxygen atoms in total. The summed E-state index contributed by atoms with van der Waals surface area (Å²) in [6, 6.07) is 6.38. The first kappa shape index (κ1) is 21.3. The number of hydrogen-bond donors (Lipinski definition) is 0. The van der Waals surface area contributed by atoms with E-state index in [0.29, 0.717) is 36.6 Å². The Morgan fingerprint density at radius 2 is 2.00 bits per heavy atom. The Bertz CT molecular complexity index is 1140. The van der Waals surface area contributed by atoms with Crippen LogP contribution >= 0.6 is 0 Å². The highest BCUT2D eigenvalue weighted by atomic mass is 19.4. The average molecular weight is 448 g/mol. The third kappa shape index (κ3) is 3.77. The number of morpholine rings is 1. The molecule has 0 bridgehead atoms. The summed E-state index contributed by atoms with van der Waals surface area (Å²) >= 11 is 0. The number of fused-ring (bicyclic) bond motifs is 1. The van der Waals surface area contributed by atoms with Crippen molar-refractivity contribution in [3.05, 3.63) is 64.9 Å². The van der Waals surface area contributed by atoms with Crippen LogP contribution in [-0.2, 0) is 29.4 Å². The second-order valence-corrected chi connectivity index (χ2v) is 8.94. The first-order valence-corrected chi connectivity index (χ1v) is 10.8. The molecule has 1 atom stereocenters. The van der Waals surface area contributed by atoms with E-state index in [0.717, 1.165) is 12.8 Å². The molecule has 2 fully saturated rings. The monoisotopic (exact) mass is 448 g/mol. The molecule has 0 unspecified atom stereocenters. The van der Waals surface area contributed by atoms with Crippen LogP contribution in [0, 0.1) is 11.7 Å². The van der Waals surface area contributed by atoms with Crippen LogP contribution in [0.15, 0.2) is 36.8 Å². The molecule has 32 heavy (non-hydrogen) atoms. The summed E-state index contributed by atoms with van der Waals surface area (Å²) in [5, 5.41) is 7.49. The van der Waals surface area contributed by atoms with Gasteiger partial charge in [0.1, 0.15) is 17.7 Å². The zero-order valence-electron chi connectivity index (χ0n) is 17.7. The van der Waals surface area contributed by atoms with Gasteiger partial charge in [-0.3, -0.25) is 9.30 Å². The maximum Gasteiger partial charge on any atom is 0.420 e. The number of hydrogen-bond acceptors (Lipinski definition) is 4. The van der Waals surface area contributed by atoms with E-state index in [9.17, 15) is 17.6 Å². The first-order valence-electron chi connectivity index (χ1n) is 10.8. The summed E-state index contributed by atoms with van der Waals surface area (Å²) in [4.78, 5) is 1.91. The van der Waals surface area contributed by atoms with Gasteiger partial charge in [0.2, 0.25) is 0 Å². The van der Waals surface area contributed by atoms with Gasteiger partial charge < -0.3 is 4.74 Å². The van der Waals surface area contributed by atoms with E-state index < -0.39 is 23.1 Å². The largest absolute Gasteiger partial charge is 0.420 e. The first-order chi connectivity index (χ1) is 15.3. The second kappa shape index (κ2) is 7.81. The average Bonchev–Trinajstić information content (AvgIpc) is 3.43. The molecule has 3 heterocycles. The van der Waals surface area contributed by atoms with Crippen LogP contribution in [0.2, 0.25) is 0 Å². The number of benzene rings is 1. The Balaban J connectivity index is 1.64. The SMILES string of the molecule is C[C@]1(c2ccccc2F)COCCN1Cc1c(CC2CC2)cn2cnnc2c1C(F)(F)F. The van der Waals surface area contributed by atoms with Gasteiger partial charge >= 0.3 is 6.18 Å². The summed E-state index contributed by atoms with van der Waals surface area (Å²) < 4.78 is 64.8. The van der Waals surface area contributed by atoms with E-state index in [1.807, 2.05) is 11.8 Å². The number of aromatic nitrogens is 3. The summed E-state index contributed by atoms with van der Waals surface area (Å²) in [6.45, 7) is 2.81. The van der Waals surface area contributed by atoms with Crippen molar-refractivity contribution in [1.82, 2.24) is 19.5 Å². The van der Waals surface area contributed by atoms with Gasteiger partial charge in [0.15, 0.2) is 5.65 Å². The van der Waals surface area contributed by atoms with Crippen molar-refractivity contribution in [2.45, 2.75) is 44.4 Å². The molecule has 1 saturated heterocycles. The highest BCUT2D eigenvalue weighted by Gasteiger charge is 2.43. The van der Waals surface area contributed by atoms with Gasteiger partial charge in [0.25, 0.3) is 0 Å². The Kier molecular flexibility index (Phi) is 5.21. The second-order valence-electron chi connectivity index (χ2n) is 8.94. The summed E-state index contributed by atoms with van der Waals surface area (Å²) in [6.07, 6.45) is 1.05. The number of pyridine rings is 1. The molecule has 0 spiro atoms. The van der Waals surface area contributed by atoms with Crippen molar-refractivity contribution in [2.75, 3.05) is 19.8 Å². The number of rotatable bonds is 5. The van der Waals surface area contributed by atoms with Gasteiger partial charge in [0, 0.05) is 24.8 Å². The highest BCUT2D eigenvalue weighted by molar-refractivity contribution is 5.55. The van der Waals surface area contributed by atoms with Crippen LogP contribution in [0.4, 0.5) is 17.6 Å². The van der Waals surface area contributed by atoms with Crippen molar-refractivity contribution in [1.29, 1.82) is 0 Å². The minimum atomic E-state index is -4.59. The van der Waals surface area contributed by atoms with Crippen molar-refractivity contribution in [3.8, 4) is 0 Å². The standard InChI is InChI=1S/C23H24F4N4O/c1-22(18-4-2-3-5-19(18)24)13-32-9-8-31(22)12-17-16(10-15-6-7-15)11-30-14-28-29-21(30)20(17)23(25,26)27/h2-5,11,14-15H,6-10,12-13H2,1H3/t22-/m1/s1. The molecule has 2 aliphatic rings. The molecule has 0 amide bonds. The molecule has 1 aliphatic heterocycles. The number of nitrogens with zero attached hydrogens (tertiary/aromatic N) is 4. The maximum absolute atomic E-state index is 14.7. The Hall–Kier alpha value is -2.52. The summed E-state index contributed by atoms with van der Waals surface area (Å²) in [5.74, 6) is -0.000868. The lowest BCUT2D eigenvalue weighted by Gasteiger charge is -2.45. The number of halogens is 4. The fraction of sp³-hybridized carbons (Fsp3) is 0.478. The van der Waals surface area contributed by atoms with E-state index in [1.165, 1.54) is 16.8 Å². The van der Waals surface area contributed by atoms with Crippen LogP contribution in [0.1, 0.15) is 42.0 Å². The molecule has 3 aromatic rings. The third-order valence-corrected chi connectivity index (χ3v) is 6.66. The predicted molar refractivity (Wildman–Crippen MR) is 109 cm³/mol. The minimum absolute atomic E-state index is 0.0223. The lowest BCUT2D eigenvalue weighted by atomic mass is 9.87. The molecule has 170 valence electrons. The summed E-state index contributed by atoms with van der Waals surface area (Å²) in [5.41, 5.74) is -0.587. The molecular formula is C23H24F4N4O. The van der Waals surface area contributed by atoms with E-state index in [4.69, 9.17) is 4.74 Å². The highest BCUT2D eigenvalue weighted by Crippen LogP contribution is 2.42. The molecule has 0 radical (unpaired) electrons. The van der Waals surface area contributed by atoms with Crippen LogP contribution in [-0.4, -0.2) is 39.3 Å².